The Balaban J connectivity index is 2.20. The number of aromatic nitrogens is 2. The Bertz CT molecular complexity index is 655. The average molecular weight is 444 g/mol. The van der Waals surface area contributed by atoms with E-state index in [9.17, 15) is 5.11 Å². The molecule has 2 rings (SSSR count). The van der Waals surface area contributed by atoms with Crippen molar-refractivity contribution in [2.45, 2.75) is 45.0 Å². The lowest BCUT2D eigenvalue weighted by molar-refractivity contribution is 0.210. The third kappa shape index (κ3) is 3.97. The summed E-state index contributed by atoms with van der Waals surface area (Å²) >= 11 is 2.15. The predicted octanol–water partition coefficient (Wildman–Crippen LogP) is 4.49. The molecule has 1 heterocycles. The summed E-state index contributed by atoms with van der Waals surface area (Å²) in [6, 6.07) is 7.75. The van der Waals surface area contributed by atoms with E-state index >= 15 is 0 Å². The van der Waals surface area contributed by atoms with Crippen molar-refractivity contribution < 1.29 is 9.53 Å². The van der Waals surface area contributed by atoms with Gasteiger partial charge in [-0.05, 0) is 58.4 Å². The summed E-state index contributed by atoms with van der Waals surface area (Å²) in [5, 5.41) is 10.8. The second kappa shape index (κ2) is 6.56. The van der Waals surface area contributed by atoms with Gasteiger partial charge in [-0.2, -0.15) is 0 Å². The second-order valence-electron chi connectivity index (χ2n) is 7.37. The van der Waals surface area contributed by atoms with Crippen LogP contribution in [0.3, 0.4) is 0 Å². The number of aryl methyl sites for hydroxylation is 1. The van der Waals surface area contributed by atoms with Crippen molar-refractivity contribution in [3.63, 3.8) is 0 Å². The van der Waals surface area contributed by atoms with Crippen LogP contribution in [-0.2, 0) is 7.05 Å². The quantitative estimate of drug-likeness (QED) is 0.559. The van der Waals surface area contributed by atoms with Gasteiger partial charge in [0.2, 0.25) is 8.32 Å². The van der Waals surface area contributed by atoms with E-state index < -0.39 is 14.4 Å². The fourth-order valence-electron chi connectivity index (χ4n) is 2.04. The Hall–Kier alpha value is -0.863. The molecular formula is C17H25IN2O2Si. The van der Waals surface area contributed by atoms with E-state index in [1.54, 1.807) is 6.33 Å². The third-order valence-electron chi connectivity index (χ3n) is 4.57. The molecule has 23 heavy (non-hydrogen) atoms. The Morgan fingerprint density at radius 1 is 1.22 bits per heavy atom. The summed E-state index contributed by atoms with van der Waals surface area (Å²) in [6.07, 6.45) is 1.03. The van der Waals surface area contributed by atoms with Gasteiger partial charge in [0.1, 0.15) is 15.6 Å². The fraction of sp³-hybridized carbons (Fsp3) is 0.471. The summed E-state index contributed by atoms with van der Waals surface area (Å²) in [5.41, 5.74) is 1.65. The van der Waals surface area contributed by atoms with Gasteiger partial charge in [-0.25, -0.2) is 4.98 Å². The first-order valence-electron chi connectivity index (χ1n) is 7.66. The molecule has 0 aliphatic heterocycles. The van der Waals surface area contributed by atoms with E-state index in [-0.39, 0.29) is 5.04 Å². The van der Waals surface area contributed by atoms with Crippen LogP contribution in [0.5, 0.6) is 5.75 Å². The van der Waals surface area contributed by atoms with E-state index in [4.69, 9.17) is 4.43 Å². The number of halogens is 1. The highest BCUT2D eigenvalue weighted by Gasteiger charge is 2.38. The highest BCUT2D eigenvalue weighted by Crippen LogP contribution is 2.37. The number of benzene rings is 1. The molecular weight excluding hydrogens is 419 g/mol. The van der Waals surface area contributed by atoms with Gasteiger partial charge in [-0.1, -0.05) is 32.9 Å². The van der Waals surface area contributed by atoms with Crippen molar-refractivity contribution in [1.29, 1.82) is 0 Å². The highest BCUT2D eigenvalue weighted by molar-refractivity contribution is 14.1. The summed E-state index contributed by atoms with van der Waals surface area (Å²) in [4.78, 5) is 4.23. The van der Waals surface area contributed by atoms with Gasteiger partial charge in [0.15, 0.2) is 0 Å². The summed E-state index contributed by atoms with van der Waals surface area (Å²) in [6.45, 7) is 11.1. The molecule has 0 radical (unpaired) electrons. The van der Waals surface area contributed by atoms with Crippen LogP contribution in [0.15, 0.2) is 30.6 Å². The van der Waals surface area contributed by atoms with Crippen LogP contribution < -0.4 is 4.43 Å². The van der Waals surface area contributed by atoms with E-state index in [1.165, 1.54) is 0 Å². The topological polar surface area (TPSA) is 47.3 Å². The molecule has 0 bridgehead atoms. The van der Waals surface area contributed by atoms with Gasteiger partial charge in [0, 0.05) is 7.05 Å². The largest absolute Gasteiger partial charge is 0.544 e. The Morgan fingerprint density at radius 3 is 2.22 bits per heavy atom. The van der Waals surface area contributed by atoms with Crippen molar-refractivity contribution in [3.8, 4) is 5.75 Å². The van der Waals surface area contributed by atoms with Crippen molar-refractivity contribution in [3.05, 3.63) is 45.6 Å². The second-order valence-corrected chi connectivity index (χ2v) is 13.1. The lowest BCUT2D eigenvalue weighted by Crippen LogP contribution is -2.43. The molecule has 0 amide bonds. The van der Waals surface area contributed by atoms with Gasteiger partial charge in [-0.15, -0.1) is 0 Å². The lowest BCUT2D eigenvalue weighted by atomic mass is 10.1. The van der Waals surface area contributed by atoms with Crippen LogP contribution in [0, 0.1) is 3.70 Å². The molecule has 6 heteroatoms. The first-order chi connectivity index (χ1) is 10.5. The minimum Gasteiger partial charge on any atom is -0.544 e. The molecule has 0 spiro atoms. The van der Waals surface area contributed by atoms with Gasteiger partial charge in [0.25, 0.3) is 0 Å². The molecule has 1 aromatic carbocycles. The molecule has 0 saturated carbocycles. The number of imidazole rings is 1. The maximum absolute atomic E-state index is 10.6. The molecule has 1 atom stereocenters. The molecule has 2 aromatic rings. The maximum Gasteiger partial charge on any atom is 0.250 e. The zero-order chi connectivity index (χ0) is 17.4. The van der Waals surface area contributed by atoms with Crippen LogP contribution >= 0.6 is 22.6 Å². The van der Waals surface area contributed by atoms with Crippen molar-refractivity contribution in [2.75, 3.05) is 0 Å². The number of hydrogen-bond acceptors (Lipinski definition) is 3. The number of nitrogens with zero attached hydrogens (tertiary/aromatic N) is 2. The molecule has 0 aliphatic carbocycles. The molecule has 1 N–H and O–H groups in total. The molecule has 0 aliphatic rings. The Morgan fingerprint density at radius 2 is 1.78 bits per heavy atom. The van der Waals surface area contributed by atoms with Crippen molar-refractivity contribution >= 4 is 30.9 Å². The first-order valence-corrected chi connectivity index (χ1v) is 11.7. The zero-order valence-electron chi connectivity index (χ0n) is 14.6. The first kappa shape index (κ1) is 18.5. The monoisotopic (exact) mass is 444 g/mol. The average Bonchev–Trinajstić information content (AvgIpc) is 2.76. The van der Waals surface area contributed by atoms with Crippen LogP contribution in [-0.4, -0.2) is 23.0 Å². The highest BCUT2D eigenvalue weighted by atomic mass is 127. The molecule has 1 aromatic heterocycles. The molecule has 0 fully saturated rings. The van der Waals surface area contributed by atoms with E-state index in [1.807, 2.05) is 35.9 Å². The maximum atomic E-state index is 10.6. The summed E-state index contributed by atoms with van der Waals surface area (Å²) < 4.78 is 8.95. The predicted molar refractivity (Wildman–Crippen MR) is 104 cm³/mol. The van der Waals surface area contributed by atoms with E-state index in [0.29, 0.717) is 0 Å². The molecule has 126 valence electrons. The zero-order valence-corrected chi connectivity index (χ0v) is 17.7. The molecule has 1 unspecified atom stereocenters. The van der Waals surface area contributed by atoms with Gasteiger partial charge >= 0.3 is 0 Å². The van der Waals surface area contributed by atoms with Gasteiger partial charge < -0.3 is 14.1 Å². The van der Waals surface area contributed by atoms with Crippen molar-refractivity contribution in [2.24, 2.45) is 7.05 Å². The number of hydrogen-bond donors (Lipinski definition) is 1. The SMILES string of the molecule is Cn1cnc(I)c1C(O)c1ccc(O[Si](C)(C)C(C)(C)C)cc1. The van der Waals surface area contributed by atoms with E-state index in [2.05, 4.69) is 61.4 Å². The Kier molecular flexibility index (Phi) is 5.27. The fourth-order valence-corrected chi connectivity index (χ4v) is 3.87. The summed E-state index contributed by atoms with van der Waals surface area (Å²) in [7, 11) is 0.0524. The number of rotatable bonds is 4. The van der Waals surface area contributed by atoms with Crippen LogP contribution in [0.1, 0.15) is 38.1 Å². The van der Waals surface area contributed by atoms with Crippen LogP contribution in [0.4, 0.5) is 0 Å². The number of aliphatic hydroxyl groups excluding tert-OH is 1. The van der Waals surface area contributed by atoms with Gasteiger partial charge in [0.05, 0.1) is 12.0 Å². The van der Waals surface area contributed by atoms with Gasteiger partial charge in [-0.3, -0.25) is 0 Å². The lowest BCUT2D eigenvalue weighted by Gasteiger charge is -2.36. The standard InChI is InChI=1S/C17H25IN2O2Si/c1-17(2,3)23(5,6)22-13-9-7-12(8-10-13)15(21)14-16(18)19-11-20(14)4/h7-11,15,21H,1-6H3. The molecule has 4 nitrogen and oxygen atoms in total. The van der Waals surface area contributed by atoms with Crippen LogP contribution in [0.25, 0.3) is 0 Å². The minimum absolute atomic E-state index is 0.163. The molecule has 0 saturated heterocycles. The summed E-state index contributed by atoms with van der Waals surface area (Å²) in [5.74, 6) is 0.868. The Labute approximate surface area is 153 Å². The number of aliphatic hydroxyl groups is 1. The third-order valence-corrected chi connectivity index (χ3v) is 9.76. The normalized spacial score (nSPS) is 13.9. The minimum atomic E-state index is -1.84. The van der Waals surface area contributed by atoms with E-state index in [0.717, 1.165) is 20.7 Å². The smallest absolute Gasteiger partial charge is 0.250 e. The van der Waals surface area contributed by atoms with Crippen molar-refractivity contribution in [1.82, 2.24) is 9.55 Å². The van der Waals surface area contributed by atoms with Crippen LogP contribution in [0.2, 0.25) is 18.1 Å².